The Labute approximate surface area is 314 Å². The summed E-state index contributed by atoms with van der Waals surface area (Å²) >= 11 is 0. The highest BCUT2D eigenvalue weighted by Crippen LogP contribution is 2.40. The number of nitrogens with zero attached hydrogens (tertiary/aromatic N) is 6. The standard InChI is InChI=1S/C42H48N8O4/c1-5-9-23-51-27-19-20-28(52-24-10-6-2)36-35(27)39-45-31-15-13-17-33(43-31)47-41-37-29(53-25-11-7-3)21-22-30(54-26-12-8-4)38(37)42(50-41)48-34-18-14-16-32(44-34)46-40(36)49-39/h13-22H,5-12,23-26H2,1-4H3,(H2,43,44,45,46,47,48,49,50). The number of aromatic amines is 2. The quantitative estimate of drug-likeness (QED) is 0.0922. The van der Waals surface area contributed by atoms with Gasteiger partial charge < -0.3 is 28.9 Å². The number of nitrogens with one attached hydrogen (secondary N) is 2. The van der Waals surface area contributed by atoms with Crippen molar-refractivity contribution in [3.63, 3.8) is 0 Å². The Morgan fingerprint density at radius 3 is 0.870 bits per heavy atom. The number of hydrogen-bond donors (Lipinski definition) is 2. The maximum absolute atomic E-state index is 6.36. The molecule has 0 amide bonds. The zero-order chi connectivity index (χ0) is 37.3. The molecule has 0 saturated heterocycles. The van der Waals surface area contributed by atoms with Crippen molar-refractivity contribution in [3.05, 3.63) is 60.7 Å². The molecule has 2 aromatic carbocycles. The van der Waals surface area contributed by atoms with Crippen molar-refractivity contribution in [2.75, 3.05) is 26.4 Å². The third-order valence-electron chi connectivity index (χ3n) is 9.05. The van der Waals surface area contributed by atoms with Gasteiger partial charge >= 0.3 is 0 Å². The Morgan fingerprint density at radius 1 is 0.370 bits per heavy atom. The van der Waals surface area contributed by atoms with Crippen molar-refractivity contribution in [2.24, 2.45) is 0 Å². The molecule has 5 heterocycles. The lowest BCUT2D eigenvalue weighted by molar-refractivity contribution is 0.306. The van der Waals surface area contributed by atoms with Crippen molar-refractivity contribution in [1.29, 1.82) is 0 Å². The SMILES string of the molecule is CCCCOc1ccc(OCCCC)c2c3nc4cccc(n4)nc4[nH]c(nc5cccc(n5)nc([nH]3)c12)c1c(OCCCC)ccc(OCCCC)c41. The van der Waals surface area contributed by atoms with E-state index in [2.05, 4.69) is 37.7 Å². The Kier molecular flexibility index (Phi) is 11.8. The highest BCUT2D eigenvalue weighted by Gasteiger charge is 2.19. The van der Waals surface area contributed by atoms with Gasteiger partial charge in [0.25, 0.3) is 0 Å². The van der Waals surface area contributed by atoms with Crippen LogP contribution >= 0.6 is 0 Å². The van der Waals surface area contributed by atoms with E-state index in [1.165, 1.54) is 0 Å². The number of hydrogen-bond acceptors (Lipinski definition) is 10. The molecule has 0 radical (unpaired) electrons. The second kappa shape index (κ2) is 17.4. The van der Waals surface area contributed by atoms with Crippen molar-refractivity contribution >= 4 is 66.7 Å². The molecule has 280 valence electrons. The molecule has 2 N–H and O–H groups in total. The van der Waals surface area contributed by atoms with E-state index in [0.29, 0.717) is 94.6 Å². The first-order valence-corrected chi connectivity index (χ1v) is 19.3. The molecule has 7 aromatic rings. The van der Waals surface area contributed by atoms with Crippen LogP contribution in [0.2, 0.25) is 0 Å². The minimum atomic E-state index is 0.457. The minimum Gasteiger partial charge on any atom is -0.493 e. The van der Waals surface area contributed by atoms with E-state index in [4.69, 9.17) is 48.9 Å². The van der Waals surface area contributed by atoms with E-state index in [1.54, 1.807) is 0 Å². The van der Waals surface area contributed by atoms with Gasteiger partial charge in [0.05, 0.1) is 48.0 Å². The number of H-pyrrole nitrogens is 2. The van der Waals surface area contributed by atoms with E-state index < -0.39 is 0 Å². The molecule has 0 saturated carbocycles. The van der Waals surface area contributed by atoms with Gasteiger partial charge in [0.15, 0.2) is 22.6 Å². The van der Waals surface area contributed by atoms with Gasteiger partial charge in [0, 0.05) is 0 Å². The predicted octanol–water partition coefficient (Wildman–Crippen LogP) is 10.0. The highest BCUT2D eigenvalue weighted by molar-refractivity contribution is 6.12. The fourth-order valence-corrected chi connectivity index (χ4v) is 6.20. The van der Waals surface area contributed by atoms with Gasteiger partial charge in [-0.25, -0.2) is 29.9 Å². The van der Waals surface area contributed by atoms with Gasteiger partial charge in [-0.15, -0.1) is 0 Å². The summed E-state index contributed by atoms with van der Waals surface area (Å²) in [5.74, 6) is 2.74. The first-order chi connectivity index (χ1) is 26.6. The van der Waals surface area contributed by atoms with Crippen LogP contribution in [0.3, 0.4) is 0 Å². The van der Waals surface area contributed by atoms with E-state index in [0.717, 1.165) is 72.9 Å². The maximum Gasteiger partial charge on any atom is 0.156 e. The van der Waals surface area contributed by atoms with E-state index in [1.807, 2.05) is 60.7 Å². The van der Waals surface area contributed by atoms with Crippen LogP contribution in [0.5, 0.6) is 23.0 Å². The lowest BCUT2D eigenvalue weighted by atomic mass is 10.1. The van der Waals surface area contributed by atoms with Crippen molar-refractivity contribution in [3.8, 4) is 23.0 Å². The second-order valence-electron chi connectivity index (χ2n) is 13.2. The van der Waals surface area contributed by atoms with E-state index in [-0.39, 0.29) is 0 Å². The fraction of sp³-hybridized carbons (Fsp3) is 0.381. The molecule has 0 atom stereocenters. The minimum absolute atomic E-state index is 0.457. The Balaban J connectivity index is 1.58. The van der Waals surface area contributed by atoms with E-state index >= 15 is 0 Å². The third kappa shape index (κ3) is 8.07. The van der Waals surface area contributed by atoms with Gasteiger partial charge in [0.1, 0.15) is 45.6 Å². The van der Waals surface area contributed by atoms with Gasteiger partial charge in [-0.2, -0.15) is 0 Å². The van der Waals surface area contributed by atoms with Crippen LogP contribution in [0.1, 0.15) is 79.1 Å². The van der Waals surface area contributed by atoms with Gasteiger partial charge in [0.2, 0.25) is 0 Å². The molecule has 0 aliphatic rings. The van der Waals surface area contributed by atoms with Gasteiger partial charge in [-0.05, 0) is 74.2 Å². The van der Waals surface area contributed by atoms with Crippen molar-refractivity contribution in [1.82, 2.24) is 39.9 Å². The molecular formula is C42H48N8O4. The largest absolute Gasteiger partial charge is 0.493 e. The monoisotopic (exact) mass is 728 g/mol. The van der Waals surface area contributed by atoms with Crippen LogP contribution in [0.4, 0.5) is 0 Å². The van der Waals surface area contributed by atoms with Gasteiger partial charge in [-0.1, -0.05) is 65.5 Å². The number of pyridine rings is 2. The fourth-order valence-electron chi connectivity index (χ4n) is 6.20. The molecule has 12 nitrogen and oxygen atoms in total. The number of fused-ring (bicyclic) bond motifs is 14. The summed E-state index contributed by atoms with van der Waals surface area (Å²) in [4.78, 5) is 36.9. The summed E-state index contributed by atoms with van der Waals surface area (Å²) in [5.41, 5.74) is 4.00. The molecule has 7 rings (SSSR count). The average molecular weight is 729 g/mol. The Hall–Kier alpha value is -5.78. The zero-order valence-corrected chi connectivity index (χ0v) is 31.6. The molecule has 0 fully saturated rings. The summed E-state index contributed by atoms with van der Waals surface area (Å²) in [6.45, 7) is 10.8. The number of unbranched alkanes of at least 4 members (excludes halogenated alkanes) is 4. The van der Waals surface area contributed by atoms with Crippen LogP contribution in [0.25, 0.3) is 66.7 Å². The van der Waals surface area contributed by atoms with Crippen LogP contribution in [-0.4, -0.2) is 66.3 Å². The smallest absolute Gasteiger partial charge is 0.156 e. The predicted molar refractivity (Wildman–Crippen MR) is 215 cm³/mol. The molecule has 0 aliphatic carbocycles. The van der Waals surface area contributed by atoms with Crippen molar-refractivity contribution in [2.45, 2.75) is 79.1 Å². The molecule has 5 aromatic heterocycles. The third-order valence-corrected chi connectivity index (χ3v) is 9.05. The molecule has 0 unspecified atom stereocenters. The second-order valence-corrected chi connectivity index (χ2v) is 13.2. The summed E-state index contributed by atoms with van der Waals surface area (Å²) in [5, 5.41) is 3.05. The molecular weight excluding hydrogens is 681 g/mol. The lowest BCUT2D eigenvalue weighted by Gasteiger charge is -2.11. The Morgan fingerprint density at radius 2 is 0.630 bits per heavy atom. The normalized spacial score (nSPS) is 11.5. The van der Waals surface area contributed by atoms with Crippen LogP contribution < -0.4 is 18.9 Å². The van der Waals surface area contributed by atoms with Gasteiger partial charge in [-0.3, -0.25) is 0 Å². The number of aromatic nitrogens is 8. The van der Waals surface area contributed by atoms with Crippen molar-refractivity contribution < 1.29 is 18.9 Å². The number of benzene rings is 2. The van der Waals surface area contributed by atoms with E-state index in [9.17, 15) is 0 Å². The maximum atomic E-state index is 6.36. The topological polar surface area (TPSA) is 146 Å². The van der Waals surface area contributed by atoms with Crippen LogP contribution in [0, 0.1) is 0 Å². The molecule has 0 aliphatic heterocycles. The molecule has 0 spiro atoms. The summed E-state index contributed by atoms with van der Waals surface area (Å²) in [6, 6.07) is 19.0. The van der Waals surface area contributed by atoms with Crippen LogP contribution in [0.15, 0.2) is 60.7 Å². The first-order valence-electron chi connectivity index (χ1n) is 19.3. The summed E-state index contributed by atoms with van der Waals surface area (Å²) < 4.78 is 25.4. The first kappa shape index (κ1) is 36.6. The van der Waals surface area contributed by atoms with Crippen LogP contribution in [-0.2, 0) is 0 Å². The molecule has 54 heavy (non-hydrogen) atoms. The summed E-state index contributed by atoms with van der Waals surface area (Å²) in [6.07, 6.45) is 7.72. The molecule has 8 bridgehead atoms. The number of rotatable bonds is 16. The zero-order valence-electron chi connectivity index (χ0n) is 31.6. The highest BCUT2D eigenvalue weighted by atomic mass is 16.5. The lowest BCUT2D eigenvalue weighted by Crippen LogP contribution is -2.00. The Bertz CT molecular complexity index is 2160. The average Bonchev–Trinajstić information content (AvgIpc) is 3.71. The number of ether oxygens (including phenoxy) is 4. The summed E-state index contributed by atoms with van der Waals surface area (Å²) in [7, 11) is 0. The molecule has 12 heteroatoms.